The van der Waals surface area contributed by atoms with Crippen LogP contribution in [0.3, 0.4) is 0 Å². The number of halogens is 2. The predicted molar refractivity (Wildman–Crippen MR) is 390 cm³/mol. The molecule has 16 rings (SSSR count). The Morgan fingerprint density at radius 1 is 0.594 bits per heavy atom. The van der Waals surface area contributed by atoms with Crippen molar-refractivity contribution in [3.63, 3.8) is 0 Å². The molecule has 4 saturated carbocycles. The summed E-state index contributed by atoms with van der Waals surface area (Å²) in [6, 6.07) is 45.0. The van der Waals surface area contributed by atoms with Gasteiger partial charge in [-0.2, -0.15) is 15.3 Å². The van der Waals surface area contributed by atoms with Gasteiger partial charge in [0.1, 0.15) is 11.9 Å². The third-order valence-corrected chi connectivity index (χ3v) is 20.1. The van der Waals surface area contributed by atoms with Gasteiger partial charge < -0.3 is 39.2 Å². The molecule has 10 aromatic rings. The van der Waals surface area contributed by atoms with Crippen LogP contribution in [0.25, 0.3) is 55.0 Å². The molecule has 6 fully saturated rings. The zero-order valence-corrected chi connectivity index (χ0v) is 59.2. The Morgan fingerprint density at radius 3 is 1.51 bits per heavy atom. The van der Waals surface area contributed by atoms with E-state index >= 15 is 0 Å². The summed E-state index contributed by atoms with van der Waals surface area (Å²) in [7, 11) is -0.489. The topological polar surface area (TPSA) is 249 Å². The van der Waals surface area contributed by atoms with Crippen molar-refractivity contribution in [2.45, 2.75) is 146 Å². The van der Waals surface area contributed by atoms with Crippen molar-refractivity contribution in [2.24, 2.45) is 0 Å². The molecule has 5 heterocycles. The molecule has 23 heteroatoms. The lowest BCUT2D eigenvalue weighted by atomic mass is 9.78. The van der Waals surface area contributed by atoms with E-state index < -0.39 is 65.7 Å². The number of aliphatic carboxylic acids is 1. The number of carbonyl (C=O) groups is 6. The highest BCUT2D eigenvalue weighted by atomic mass is 79.9. The van der Waals surface area contributed by atoms with Crippen molar-refractivity contribution in [3.8, 4) is 28.0 Å². The van der Waals surface area contributed by atoms with Gasteiger partial charge in [0.15, 0.2) is 0 Å². The Kier molecular flexibility index (Phi) is 20.7. The van der Waals surface area contributed by atoms with Crippen LogP contribution in [0.1, 0.15) is 160 Å². The standard InChI is InChI=1S/C34H35ClN4O4.C18H14N2O3.C16H21BO5.C10H9BrN2/c35-28-17-24(9-14-31(28)43-27-12-13-27)32(40)30(20-38-15-1-2-16-38)36-34(42)33(41)22-5-3-21(4-6-22)23-7-8-25-19-39(26-10-11-26)37-29(25)18-23;21-17(18(22)23)12-3-1-11(2-4-12)13-5-6-14-10-20(15-7-8-15)19-16(14)9-13;1-6-20-14(19)13(18)11-7-9-12(10-8-11)17-21-15(2,3)16(4,5)22-17;11-8-2-1-7-6-13(9-3-4-9)12-10(7)5-8/h3-9,14,17-19,26-27,30,32,40H,1-2,10-13,15-16,20H2,(H,36,42);1-6,9-10,15H,7-8H2,(H,22,23);7-10H,6H2,1-5H3;1-2,5-6,9H,3-4H2/t30-,32-;;;/m1.../s1. The molecule has 0 unspecified atom stereocenters. The number of hydrogen-bond acceptors (Lipinski definition) is 15. The number of aliphatic hydroxyl groups excluding tert-OH is 1. The monoisotopic (exact) mass is 1440 g/mol. The first kappa shape index (κ1) is 70.3. The van der Waals surface area contributed by atoms with Gasteiger partial charge in [0.2, 0.25) is 5.78 Å². The van der Waals surface area contributed by atoms with E-state index in [2.05, 4.69) is 94.6 Å². The Morgan fingerprint density at radius 2 is 1.05 bits per heavy atom. The highest BCUT2D eigenvalue weighted by Crippen LogP contribution is 2.40. The van der Waals surface area contributed by atoms with Crippen molar-refractivity contribution in [1.29, 1.82) is 0 Å². The van der Waals surface area contributed by atoms with E-state index in [-0.39, 0.29) is 18.3 Å². The molecule has 1 amide bonds. The Balaban J connectivity index is 0.000000132. The summed E-state index contributed by atoms with van der Waals surface area (Å²) in [4.78, 5) is 74.0. The number of Topliss-reactive ketones (excluding diaryl/α,β-unsaturated/α-hetero) is 3. The van der Waals surface area contributed by atoms with E-state index in [0.29, 0.717) is 52.1 Å². The van der Waals surface area contributed by atoms with Crippen LogP contribution in [0.2, 0.25) is 5.02 Å². The highest BCUT2D eigenvalue weighted by molar-refractivity contribution is 9.10. The lowest BCUT2D eigenvalue weighted by Crippen LogP contribution is -2.48. The molecular formula is C78H79BBrClN8O12. The number of carboxylic acids is 1. The second-order valence-corrected chi connectivity index (χ2v) is 29.0. The van der Waals surface area contributed by atoms with Crippen LogP contribution in [-0.4, -0.2) is 136 Å². The predicted octanol–water partition coefficient (Wildman–Crippen LogP) is 13.9. The molecule has 0 bridgehead atoms. The number of carboxylic acid groups (broad SMARTS) is 1. The normalized spacial score (nSPS) is 17.4. The quantitative estimate of drug-likeness (QED) is 0.0278. The van der Waals surface area contributed by atoms with E-state index in [1.54, 1.807) is 85.8 Å². The van der Waals surface area contributed by atoms with Gasteiger partial charge in [0.25, 0.3) is 17.5 Å². The SMILES string of the molecule is Brc1ccc2cn(C3CC3)nc2c1.CCOC(=O)C(=O)c1ccc(B2OC(C)(C)C(C)(C)O2)cc1.O=C(N[C@H](CN1CCCC1)[C@H](O)c1ccc(OC2CC2)c(Cl)c1)C(=O)c1ccc(-c2ccc3cn(C4CC4)nc3c2)cc1.O=C(O)C(=O)c1ccc(-c2ccc3cn(C4CC4)nc3c2)cc1. The first-order chi connectivity index (χ1) is 48.5. The molecule has 4 aliphatic carbocycles. The Bertz CT molecular complexity index is 4730. The third-order valence-electron chi connectivity index (χ3n) is 19.3. The molecule has 2 atom stereocenters. The molecule has 3 N–H and O–H groups in total. The zero-order valence-electron chi connectivity index (χ0n) is 56.9. The number of ketones is 3. The van der Waals surface area contributed by atoms with Gasteiger partial charge in [-0.1, -0.05) is 137 Å². The summed E-state index contributed by atoms with van der Waals surface area (Å²) >= 11 is 9.91. The van der Waals surface area contributed by atoms with Crippen LogP contribution < -0.4 is 15.5 Å². The summed E-state index contributed by atoms with van der Waals surface area (Å²) in [5, 5.41) is 40.7. The number of rotatable bonds is 20. The first-order valence-corrected chi connectivity index (χ1v) is 35.7. The van der Waals surface area contributed by atoms with Gasteiger partial charge in [-0.15, -0.1) is 0 Å². The van der Waals surface area contributed by atoms with Gasteiger partial charge >= 0.3 is 19.1 Å². The summed E-state index contributed by atoms with van der Waals surface area (Å²) in [5.41, 5.74) is 8.12. The number of nitrogens with zero attached hydrogens (tertiary/aromatic N) is 7. The number of aromatic nitrogens is 6. The molecular weight excluding hydrogens is 1370 g/mol. The van der Waals surface area contributed by atoms with Crippen molar-refractivity contribution in [2.75, 3.05) is 26.2 Å². The number of esters is 1. The van der Waals surface area contributed by atoms with Crippen LogP contribution in [0.5, 0.6) is 5.75 Å². The van der Waals surface area contributed by atoms with E-state index in [1.807, 2.05) is 68.8 Å². The minimum Gasteiger partial charge on any atom is -0.489 e. The summed E-state index contributed by atoms with van der Waals surface area (Å²) in [6.07, 6.45) is 17.0. The number of likely N-dealkylation sites (tertiary alicyclic amines) is 1. The minimum atomic E-state index is -1.44. The molecule has 20 nitrogen and oxygen atoms in total. The maximum absolute atomic E-state index is 13.2. The van der Waals surface area contributed by atoms with Crippen LogP contribution in [0.15, 0.2) is 169 Å². The largest absolute Gasteiger partial charge is 0.494 e. The van der Waals surface area contributed by atoms with Crippen molar-refractivity contribution in [3.05, 3.63) is 196 Å². The molecule has 0 radical (unpaired) electrons. The summed E-state index contributed by atoms with van der Waals surface area (Å²) < 4.78 is 29.7. The van der Waals surface area contributed by atoms with E-state index in [4.69, 9.17) is 40.6 Å². The smallest absolute Gasteiger partial charge is 0.489 e. The van der Waals surface area contributed by atoms with E-state index in [0.717, 1.165) is 98.3 Å². The van der Waals surface area contributed by atoms with Crippen LogP contribution in [0.4, 0.5) is 0 Å². The van der Waals surface area contributed by atoms with E-state index in [9.17, 15) is 33.9 Å². The number of amides is 1. The van der Waals surface area contributed by atoms with Gasteiger partial charge in [-0.25, -0.2) is 9.59 Å². The summed E-state index contributed by atoms with van der Waals surface area (Å²) in [5.74, 6) is -4.63. The zero-order chi connectivity index (χ0) is 70.9. The lowest BCUT2D eigenvalue weighted by Gasteiger charge is -2.32. The fourth-order valence-electron chi connectivity index (χ4n) is 12.1. The first-order valence-electron chi connectivity index (χ1n) is 34.5. The molecule has 0 spiro atoms. The lowest BCUT2D eigenvalue weighted by molar-refractivity contribution is -0.137. The maximum Gasteiger partial charge on any atom is 0.494 e. The van der Waals surface area contributed by atoms with Crippen molar-refractivity contribution in [1.82, 2.24) is 39.6 Å². The molecule has 6 aliphatic rings. The number of nitrogens with one attached hydrogen (secondary N) is 1. The van der Waals surface area contributed by atoms with Gasteiger partial charge in [0, 0.05) is 62.5 Å². The van der Waals surface area contributed by atoms with Crippen molar-refractivity contribution >= 4 is 108 Å². The number of ether oxygens (including phenoxy) is 2. The van der Waals surface area contributed by atoms with Gasteiger partial charge in [-0.3, -0.25) is 33.2 Å². The number of carbonyl (C=O) groups excluding carboxylic acids is 5. The number of aliphatic hydroxyl groups is 1. The van der Waals surface area contributed by atoms with Crippen molar-refractivity contribution < 1.29 is 57.8 Å². The molecule has 101 heavy (non-hydrogen) atoms. The Hall–Kier alpha value is -9.16. The fourth-order valence-corrected chi connectivity index (χ4v) is 12.7. The average Bonchev–Trinajstić information content (AvgIpc) is 1.61. The highest BCUT2D eigenvalue weighted by Gasteiger charge is 2.52. The minimum absolute atomic E-state index is 0.177. The summed E-state index contributed by atoms with van der Waals surface area (Å²) in [6.45, 7) is 11.9. The second kappa shape index (κ2) is 29.8. The maximum atomic E-state index is 13.2. The molecule has 520 valence electrons. The van der Waals surface area contributed by atoms with E-state index in [1.165, 1.54) is 43.9 Å². The van der Waals surface area contributed by atoms with Gasteiger partial charge in [-0.05, 0) is 182 Å². The average molecular weight is 1450 g/mol. The molecule has 3 aromatic heterocycles. The molecule has 2 aliphatic heterocycles. The second-order valence-electron chi connectivity index (χ2n) is 27.7. The Labute approximate surface area is 598 Å². The van der Waals surface area contributed by atoms with Crippen LogP contribution >= 0.6 is 27.5 Å². The number of hydrogen-bond donors (Lipinski definition) is 3. The fraction of sp³-hybridized carbons (Fsp3) is 0.346. The molecule has 2 saturated heterocycles. The third kappa shape index (κ3) is 16.9. The number of benzene rings is 7. The van der Waals surface area contributed by atoms with Crippen LogP contribution in [0, 0.1) is 0 Å². The van der Waals surface area contributed by atoms with Gasteiger partial charge in [0.05, 0.1) is 69.7 Å². The van der Waals surface area contributed by atoms with Crippen LogP contribution in [-0.2, 0) is 28.4 Å². The molecule has 7 aromatic carbocycles. The number of fused-ring (bicyclic) bond motifs is 3.